The van der Waals surface area contributed by atoms with Crippen molar-refractivity contribution in [2.24, 2.45) is 11.7 Å². The Labute approximate surface area is 131 Å². The van der Waals surface area contributed by atoms with Gasteiger partial charge in [0.2, 0.25) is 5.91 Å². The van der Waals surface area contributed by atoms with Gasteiger partial charge in [-0.3, -0.25) is 9.89 Å². The number of carbonyl (C=O) groups is 1. The lowest BCUT2D eigenvalue weighted by atomic mass is 9.74. The van der Waals surface area contributed by atoms with Gasteiger partial charge in [-0.25, -0.2) is 0 Å². The fourth-order valence-corrected chi connectivity index (χ4v) is 3.63. The van der Waals surface area contributed by atoms with Crippen LogP contribution in [0.1, 0.15) is 50.3 Å². The largest absolute Gasteiger partial charge is 0.353 e. The van der Waals surface area contributed by atoms with Crippen LogP contribution in [0, 0.1) is 5.92 Å². The summed E-state index contributed by atoms with van der Waals surface area (Å²) in [7, 11) is 0. The normalized spacial score (nSPS) is 31.9. The molecular weight excluding hydrogens is 288 g/mol. The van der Waals surface area contributed by atoms with Gasteiger partial charge >= 0.3 is 0 Å². The van der Waals surface area contributed by atoms with Crippen molar-refractivity contribution in [3.63, 3.8) is 0 Å². The van der Waals surface area contributed by atoms with Gasteiger partial charge in [-0.2, -0.15) is 5.10 Å². The molecule has 1 fully saturated rings. The average Bonchev–Trinajstić information content (AvgIpc) is 2.85. The van der Waals surface area contributed by atoms with E-state index in [1.165, 1.54) is 11.3 Å². The molecule has 0 aromatic carbocycles. The monoisotopic (exact) mass is 312 g/mol. The van der Waals surface area contributed by atoms with E-state index < -0.39 is 0 Å². The molecule has 1 saturated carbocycles. The van der Waals surface area contributed by atoms with Crippen molar-refractivity contribution < 1.29 is 4.79 Å². The molecule has 3 unspecified atom stereocenters. The Bertz CT molecular complexity index is 500. The Morgan fingerprint density at radius 2 is 2.29 bits per heavy atom. The van der Waals surface area contributed by atoms with Crippen LogP contribution >= 0.6 is 12.4 Å². The Kier molecular flexibility index (Phi) is 4.94. The smallest absolute Gasteiger partial charge is 0.225 e. The molecular formula is C15H25ClN4O. The van der Waals surface area contributed by atoms with Gasteiger partial charge in [-0.15, -0.1) is 12.4 Å². The SMILES string of the molecule is CC1(N)CCCCC1C(=O)NC1CCc2[nH]ncc2C1.Cl. The third kappa shape index (κ3) is 3.40. The molecule has 1 amide bonds. The number of aromatic amines is 1. The topological polar surface area (TPSA) is 83.8 Å². The van der Waals surface area contributed by atoms with Crippen LogP contribution < -0.4 is 11.1 Å². The number of amides is 1. The molecule has 118 valence electrons. The minimum Gasteiger partial charge on any atom is -0.353 e. The van der Waals surface area contributed by atoms with Crippen molar-refractivity contribution in [3.8, 4) is 0 Å². The van der Waals surface area contributed by atoms with Crippen LogP contribution in [0.2, 0.25) is 0 Å². The van der Waals surface area contributed by atoms with Crippen LogP contribution in [-0.2, 0) is 17.6 Å². The highest BCUT2D eigenvalue weighted by Gasteiger charge is 2.38. The van der Waals surface area contributed by atoms with Gasteiger partial charge in [0.15, 0.2) is 0 Å². The molecule has 2 aliphatic rings. The first-order valence-corrected chi connectivity index (χ1v) is 7.66. The molecule has 0 spiro atoms. The molecule has 6 heteroatoms. The second-order valence-electron chi connectivity index (χ2n) is 6.63. The van der Waals surface area contributed by atoms with Gasteiger partial charge in [0.05, 0.1) is 12.1 Å². The molecule has 4 N–H and O–H groups in total. The van der Waals surface area contributed by atoms with Crippen molar-refractivity contribution in [1.82, 2.24) is 15.5 Å². The van der Waals surface area contributed by atoms with Crippen LogP contribution in [0.15, 0.2) is 6.20 Å². The van der Waals surface area contributed by atoms with E-state index in [-0.39, 0.29) is 35.8 Å². The number of hydrogen-bond acceptors (Lipinski definition) is 3. The maximum Gasteiger partial charge on any atom is 0.225 e. The quantitative estimate of drug-likeness (QED) is 0.777. The zero-order valence-electron chi connectivity index (χ0n) is 12.5. The molecule has 21 heavy (non-hydrogen) atoms. The number of hydrogen-bond donors (Lipinski definition) is 3. The first-order valence-electron chi connectivity index (χ1n) is 7.66. The number of aryl methyl sites for hydroxylation is 1. The maximum absolute atomic E-state index is 12.5. The summed E-state index contributed by atoms with van der Waals surface area (Å²) in [5, 5.41) is 10.3. The maximum atomic E-state index is 12.5. The van der Waals surface area contributed by atoms with Gasteiger partial charge in [0.25, 0.3) is 0 Å². The molecule has 0 bridgehead atoms. The van der Waals surface area contributed by atoms with Gasteiger partial charge in [0, 0.05) is 17.3 Å². The lowest BCUT2D eigenvalue weighted by Gasteiger charge is -2.38. The number of nitrogens with zero attached hydrogens (tertiary/aromatic N) is 1. The van der Waals surface area contributed by atoms with Crippen molar-refractivity contribution in [2.45, 2.75) is 63.5 Å². The highest BCUT2D eigenvalue weighted by Crippen LogP contribution is 2.32. The van der Waals surface area contributed by atoms with E-state index in [9.17, 15) is 4.79 Å². The molecule has 1 aromatic heterocycles. The fourth-order valence-electron chi connectivity index (χ4n) is 3.63. The molecule has 3 rings (SSSR count). The van der Waals surface area contributed by atoms with Crippen LogP contribution in [0.3, 0.4) is 0 Å². The first-order chi connectivity index (χ1) is 9.56. The number of rotatable bonds is 2. The summed E-state index contributed by atoms with van der Waals surface area (Å²) in [5.41, 5.74) is 8.42. The Morgan fingerprint density at radius 3 is 3.05 bits per heavy atom. The van der Waals surface area contributed by atoms with Crippen LogP contribution in [-0.4, -0.2) is 27.7 Å². The zero-order valence-corrected chi connectivity index (χ0v) is 13.3. The standard InChI is InChI=1S/C15H24N4O.ClH/c1-15(16)7-3-2-4-12(15)14(20)18-11-5-6-13-10(8-11)9-17-19-13;/h9,11-12H,2-8,16H2,1H3,(H,17,19)(H,18,20);1H. The summed E-state index contributed by atoms with van der Waals surface area (Å²) >= 11 is 0. The number of nitrogens with two attached hydrogens (primary N) is 1. The van der Waals surface area contributed by atoms with E-state index >= 15 is 0 Å². The lowest BCUT2D eigenvalue weighted by molar-refractivity contribution is -0.128. The minimum absolute atomic E-state index is 0. The average molecular weight is 313 g/mol. The summed E-state index contributed by atoms with van der Waals surface area (Å²) < 4.78 is 0. The predicted octanol–water partition coefficient (Wildman–Crippen LogP) is 1.71. The summed E-state index contributed by atoms with van der Waals surface area (Å²) in [6.07, 6.45) is 8.82. The summed E-state index contributed by atoms with van der Waals surface area (Å²) in [6.45, 7) is 2.02. The van der Waals surface area contributed by atoms with Crippen molar-refractivity contribution >= 4 is 18.3 Å². The van der Waals surface area contributed by atoms with Crippen LogP contribution in [0.25, 0.3) is 0 Å². The molecule has 3 atom stereocenters. The van der Waals surface area contributed by atoms with Gasteiger partial charge in [-0.1, -0.05) is 12.8 Å². The second-order valence-corrected chi connectivity index (χ2v) is 6.63. The van der Waals surface area contributed by atoms with E-state index in [0.29, 0.717) is 0 Å². The molecule has 1 aromatic rings. The summed E-state index contributed by atoms with van der Waals surface area (Å²) in [6, 6.07) is 0.227. The van der Waals surface area contributed by atoms with Gasteiger partial charge in [-0.05, 0) is 44.6 Å². The molecule has 2 aliphatic carbocycles. The molecule has 0 radical (unpaired) electrons. The number of fused-ring (bicyclic) bond motifs is 1. The van der Waals surface area contributed by atoms with Gasteiger partial charge in [0.1, 0.15) is 0 Å². The van der Waals surface area contributed by atoms with Gasteiger partial charge < -0.3 is 11.1 Å². The van der Waals surface area contributed by atoms with E-state index in [0.717, 1.165) is 44.9 Å². The number of carbonyl (C=O) groups excluding carboxylic acids is 1. The predicted molar refractivity (Wildman–Crippen MR) is 84.3 cm³/mol. The highest BCUT2D eigenvalue weighted by molar-refractivity contribution is 5.85. The number of H-pyrrole nitrogens is 1. The first kappa shape index (κ1) is 16.3. The third-order valence-electron chi connectivity index (χ3n) is 4.93. The van der Waals surface area contributed by atoms with E-state index in [2.05, 4.69) is 15.5 Å². The second kappa shape index (κ2) is 6.36. The van der Waals surface area contributed by atoms with E-state index in [4.69, 9.17) is 5.73 Å². The van der Waals surface area contributed by atoms with E-state index in [1.54, 1.807) is 0 Å². The van der Waals surface area contributed by atoms with Crippen LogP contribution in [0.4, 0.5) is 0 Å². The third-order valence-corrected chi connectivity index (χ3v) is 4.93. The molecule has 5 nitrogen and oxygen atoms in total. The Hall–Kier alpha value is -1.07. The molecule has 0 aliphatic heterocycles. The summed E-state index contributed by atoms with van der Waals surface area (Å²) in [4.78, 5) is 12.5. The lowest BCUT2D eigenvalue weighted by Crippen LogP contribution is -2.54. The van der Waals surface area contributed by atoms with Crippen molar-refractivity contribution in [1.29, 1.82) is 0 Å². The number of halogens is 1. The molecule has 1 heterocycles. The number of aromatic nitrogens is 2. The Morgan fingerprint density at radius 1 is 1.48 bits per heavy atom. The number of nitrogens with one attached hydrogen (secondary N) is 2. The van der Waals surface area contributed by atoms with E-state index in [1.807, 2.05) is 13.1 Å². The van der Waals surface area contributed by atoms with Crippen LogP contribution in [0.5, 0.6) is 0 Å². The minimum atomic E-state index is -0.349. The Balaban J connectivity index is 0.00000161. The van der Waals surface area contributed by atoms with Crippen molar-refractivity contribution in [2.75, 3.05) is 0 Å². The van der Waals surface area contributed by atoms with Crippen molar-refractivity contribution in [3.05, 3.63) is 17.5 Å². The summed E-state index contributed by atoms with van der Waals surface area (Å²) in [5.74, 6) is 0.105. The highest BCUT2D eigenvalue weighted by atomic mass is 35.5. The fraction of sp³-hybridized carbons (Fsp3) is 0.733. The zero-order chi connectivity index (χ0) is 14.2. The molecule has 0 saturated heterocycles.